The van der Waals surface area contributed by atoms with Crippen molar-refractivity contribution < 1.29 is 23.1 Å². The van der Waals surface area contributed by atoms with E-state index in [1.54, 1.807) is 0 Å². The Morgan fingerprint density at radius 3 is 1.92 bits per heavy atom. The number of halogens is 3. The molecule has 0 aromatic heterocycles. The van der Waals surface area contributed by atoms with Gasteiger partial charge in [0, 0.05) is 5.57 Å². The van der Waals surface area contributed by atoms with E-state index >= 15 is 0 Å². The maximum absolute atomic E-state index is 11.4. The summed E-state index contributed by atoms with van der Waals surface area (Å²) in [6, 6.07) is 17.3. The van der Waals surface area contributed by atoms with Crippen molar-refractivity contribution in [2.75, 3.05) is 0 Å². The van der Waals surface area contributed by atoms with Crippen molar-refractivity contribution in [3.8, 4) is 11.1 Å². The summed E-state index contributed by atoms with van der Waals surface area (Å²) in [5, 5.41) is 8.14. The molecule has 1 aliphatic carbocycles. The second-order valence-electron chi connectivity index (χ2n) is 5.50. The van der Waals surface area contributed by atoms with E-state index < -0.39 is 18.6 Å². The minimum atomic E-state index is -4.32. The molecule has 0 bridgehead atoms. The van der Waals surface area contributed by atoms with Crippen molar-refractivity contribution >= 4 is 5.97 Å². The minimum Gasteiger partial charge on any atom is -0.478 e. The molecule has 0 heterocycles. The van der Waals surface area contributed by atoms with Crippen LogP contribution in [0, 0.1) is 0 Å². The van der Waals surface area contributed by atoms with Crippen LogP contribution < -0.4 is 0 Å². The zero-order valence-electron chi connectivity index (χ0n) is 13.1. The van der Waals surface area contributed by atoms with Crippen LogP contribution in [-0.2, 0) is 11.2 Å². The summed E-state index contributed by atoms with van der Waals surface area (Å²) in [6.45, 7) is 1.12. The first-order valence-electron chi connectivity index (χ1n) is 7.41. The number of benzene rings is 2. The molecule has 0 spiro atoms. The zero-order valence-corrected chi connectivity index (χ0v) is 13.1. The highest BCUT2D eigenvalue weighted by Crippen LogP contribution is 2.35. The highest BCUT2D eigenvalue weighted by atomic mass is 19.4. The predicted molar refractivity (Wildman–Crippen MR) is 86.7 cm³/mol. The fourth-order valence-corrected chi connectivity index (χ4v) is 2.44. The third kappa shape index (κ3) is 4.72. The molecule has 0 amide bonds. The number of allylic oxidation sites excluding steroid dienone is 1. The first kappa shape index (κ1) is 17.8. The van der Waals surface area contributed by atoms with Gasteiger partial charge in [0.25, 0.3) is 0 Å². The van der Waals surface area contributed by atoms with E-state index in [0.717, 1.165) is 13.3 Å². The number of carboxylic acid groups (broad SMARTS) is 1. The molecule has 1 N–H and O–H groups in total. The largest absolute Gasteiger partial charge is 0.478 e. The van der Waals surface area contributed by atoms with E-state index in [0.29, 0.717) is 6.08 Å². The molecule has 5 heteroatoms. The van der Waals surface area contributed by atoms with Crippen molar-refractivity contribution in [1.29, 1.82) is 0 Å². The number of hydrogen-bond donors (Lipinski definition) is 1. The summed E-state index contributed by atoms with van der Waals surface area (Å²) in [6.07, 6.45) is -3.77. The molecule has 3 rings (SSSR count). The van der Waals surface area contributed by atoms with Gasteiger partial charge in [0.1, 0.15) is 0 Å². The van der Waals surface area contributed by atoms with Crippen LogP contribution in [0.1, 0.15) is 24.5 Å². The van der Waals surface area contributed by atoms with Crippen LogP contribution >= 0.6 is 0 Å². The third-order valence-electron chi connectivity index (χ3n) is 3.68. The molecule has 0 fully saturated rings. The second-order valence-corrected chi connectivity index (χ2v) is 5.50. The summed E-state index contributed by atoms with van der Waals surface area (Å²) in [5.74, 6) is -1.32. The number of alkyl halides is 3. The molecule has 2 nitrogen and oxygen atoms in total. The predicted octanol–water partition coefficient (Wildman–Crippen LogP) is 5.23. The van der Waals surface area contributed by atoms with Crippen LogP contribution in [0.2, 0.25) is 0 Å². The smallest absolute Gasteiger partial charge is 0.392 e. The maximum Gasteiger partial charge on any atom is 0.392 e. The summed E-state index contributed by atoms with van der Waals surface area (Å²) in [4.78, 5) is 9.98. The van der Waals surface area contributed by atoms with Crippen molar-refractivity contribution in [2.45, 2.75) is 25.9 Å². The first-order chi connectivity index (χ1) is 11.3. The Bertz CT molecular complexity index is 718. The SMILES string of the molecule is CC(=CCC(F)(F)F)C(=O)O.c1ccc2c(c1)Cc1ccccc1-2. The molecule has 24 heavy (non-hydrogen) atoms. The molecule has 1 aliphatic rings. The van der Waals surface area contributed by atoms with Crippen LogP contribution in [0.15, 0.2) is 60.2 Å². The summed E-state index contributed by atoms with van der Waals surface area (Å²) in [5.41, 5.74) is 5.46. The van der Waals surface area contributed by atoms with Gasteiger partial charge in [0.05, 0.1) is 6.42 Å². The summed E-state index contributed by atoms with van der Waals surface area (Å²) >= 11 is 0. The van der Waals surface area contributed by atoms with Gasteiger partial charge < -0.3 is 5.11 Å². The van der Waals surface area contributed by atoms with Gasteiger partial charge in [-0.2, -0.15) is 13.2 Å². The van der Waals surface area contributed by atoms with Crippen LogP contribution in [-0.4, -0.2) is 17.3 Å². The van der Waals surface area contributed by atoms with Gasteiger partial charge in [-0.25, -0.2) is 4.79 Å². The van der Waals surface area contributed by atoms with E-state index in [1.165, 1.54) is 22.3 Å². The number of aliphatic carboxylic acids is 1. The monoisotopic (exact) mass is 334 g/mol. The Labute approximate surface area is 138 Å². The van der Waals surface area contributed by atoms with Crippen LogP contribution in [0.3, 0.4) is 0 Å². The first-order valence-corrected chi connectivity index (χ1v) is 7.41. The van der Waals surface area contributed by atoms with E-state index in [1.807, 2.05) is 0 Å². The van der Waals surface area contributed by atoms with E-state index in [2.05, 4.69) is 48.5 Å². The third-order valence-corrected chi connectivity index (χ3v) is 3.68. The van der Waals surface area contributed by atoms with Gasteiger partial charge in [-0.3, -0.25) is 0 Å². The van der Waals surface area contributed by atoms with Gasteiger partial charge in [-0.05, 0) is 35.6 Å². The fourth-order valence-electron chi connectivity index (χ4n) is 2.44. The van der Waals surface area contributed by atoms with E-state index in [9.17, 15) is 18.0 Å². The van der Waals surface area contributed by atoms with E-state index in [4.69, 9.17) is 5.11 Å². The lowest BCUT2D eigenvalue weighted by Gasteiger charge is -2.00. The van der Waals surface area contributed by atoms with Crippen LogP contribution in [0.25, 0.3) is 11.1 Å². The molecule has 2 aromatic carbocycles. The standard InChI is InChI=1S/C13H10.C6H7F3O2/c1-3-7-12-10(5-1)9-11-6-2-4-8-13(11)12;1-4(5(10)11)2-3-6(7,8)9/h1-8H,9H2;2H,3H2,1H3,(H,10,11). The Hall–Kier alpha value is -2.56. The molecule has 0 aliphatic heterocycles. The molecular formula is C19H17F3O2. The van der Waals surface area contributed by atoms with Crippen molar-refractivity contribution in [3.63, 3.8) is 0 Å². The number of carboxylic acids is 1. The molecule has 0 radical (unpaired) electrons. The van der Waals surface area contributed by atoms with Crippen molar-refractivity contribution in [1.82, 2.24) is 0 Å². The van der Waals surface area contributed by atoms with Gasteiger partial charge in [-0.15, -0.1) is 0 Å². The second kappa shape index (κ2) is 7.34. The highest BCUT2D eigenvalue weighted by molar-refractivity contribution is 5.85. The molecule has 0 atom stereocenters. The topological polar surface area (TPSA) is 37.3 Å². The van der Waals surface area contributed by atoms with Gasteiger partial charge in [0.2, 0.25) is 0 Å². The maximum atomic E-state index is 11.4. The Balaban J connectivity index is 0.000000178. The highest BCUT2D eigenvalue weighted by Gasteiger charge is 2.25. The van der Waals surface area contributed by atoms with Gasteiger partial charge in [-0.1, -0.05) is 54.6 Å². The Kier molecular flexibility index (Phi) is 5.44. The average Bonchev–Trinajstić information content (AvgIpc) is 2.91. The van der Waals surface area contributed by atoms with Crippen molar-refractivity contribution in [2.24, 2.45) is 0 Å². The van der Waals surface area contributed by atoms with Crippen LogP contribution in [0.5, 0.6) is 0 Å². The normalized spacial score (nSPS) is 12.8. The molecule has 2 aromatic rings. The van der Waals surface area contributed by atoms with Gasteiger partial charge in [0.15, 0.2) is 0 Å². The summed E-state index contributed by atoms with van der Waals surface area (Å²) < 4.78 is 34.3. The Morgan fingerprint density at radius 1 is 1.04 bits per heavy atom. The van der Waals surface area contributed by atoms with Crippen LogP contribution in [0.4, 0.5) is 13.2 Å². The fraction of sp³-hybridized carbons (Fsp3) is 0.211. The number of rotatable bonds is 2. The lowest BCUT2D eigenvalue weighted by Crippen LogP contribution is -2.06. The summed E-state index contributed by atoms with van der Waals surface area (Å²) in [7, 11) is 0. The number of hydrogen-bond acceptors (Lipinski definition) is 1. The molecule has 0 saturated carbocycles. The lowest BCUT2D eigenvalue weighted by molar-refractivity contribution is -0.132. The molecular weight excluding hydrogens is 317 g/mol. The number of fused-ring (bicyclic) bond motifs is 3. The van der Waals surface area contributed by atoms with Crippen molar-refractivity contribution in [3.05, 3.63) is 71.3 Å². The van der Waals surface area contributed by atoms with E-state index in [-0.39, 0.29) is 5.57 Å². The molecule has 126 valence electrons. The molecule has 0 unspecified atom stereocenters. The minimum absolute atomic E-state index is 0.290. The zero-order chi connectivity index (χ0) is 17.7. The number of carbonyl (C=O) groups is 1. The average molecular weight is 334 g/mol. The lowest BCUT2D eigenvalue weighted by atomic mass is 10.1. The molecule has 0 saturated heterocycles. The Morgan fingerprint density at radius 2 is 1.50 bits per heavy atom. The quantitative estimate of drug-likeness (QED) is 0.652. The van der Waals surface area contributed by atoms with Gasteiger partial charge >= 0.3 is 12.1 Å².